The van der Waals surface area contributed by atoms with E-state index in [1.54, 1.807) is 0 Å². The van der Waals surface area contributed by atoms with Gasteiger partial charge in [-0.05, 0) is 31.6 Å². The Morgan fingerprint density at radius 3 is 2.63 bits per heavy atom. The van der Waals surface area contributed by atoms with E-state index in [-0.39, 0.29) is 41.8 Å². The lowest BCUT2D eigenvalue weighted by atomic mass is 9.87. The molecular formula is C13H19NO4S. The second-order valence-electron chi connectivity index (χ2n) is 5.52. The number of hydrogen-bond acceptors (Lipinski definition) is 5. The highest BCUT2D eigenvalue weighted by Gasteiger charge is 2.32. The summed E-state index contributed by atoms with van der Waals surface area (Å²) in [5.74, 6) is -0.398. The highest BCUT2D eigenvalue weighted by atomic mass is 32.2. The van der Waals surface area contributed by atoms with Crippen LogP contribution in [-0.2, 0) is 19.4 Å². The molecule has 0 spiro atoms. The summed E-state index contributed by atoms with van der Waals surface area (Å²) in [6, 6.07) is 2.19. The van der Waals surface area contributed by atoms with E-state index in [1.165, 1.54) is 0 Å². The van der Waals surface area contributed by atoms with Gasteiger partial charge in [0.05, 0.1) is 23.5 Å². The van der Waals surface area contributed by atoms with Crippen molar-refractivity contribution in [1.29, 1.82) is 5.26 Å². The molecule has 6 heteroatoms. The van der Waals surface area contributed by atoms with Crippen molar-refractivity contribution in [2.45, 2.75) is 44.6 Å². The van der Waals surface area contributed by atoms with Gasteiger partial charge in [-0.25, -0.2) is 8.42 Å². The van der Waals surface area contributed by atoms with Crippen molar-refractivity contribution in [3.05, 3.63) is 0 Å². The predicted octanol–water partition coefficient (Wildman–Crippen LogP) is 1.44. The largest absolute Gasteiger partial charge is 0.461 e. The van der Waals surface area contributed by atoms with Gasteiger partial charge in [0, 0.05) is 6.42 Å². The van der Waals surface area contributed by atoms with Gasteiger partial charge in [0.2, 0.25) is 0 Å². The standard InChI is InChI=1S/C13H19NO4S/c14-8-11-3-1-2-4-12(11)18-13(15)7-10-5-6-19(16,17)9-10/h10-12H,1-7,9H2. The maximum absolute atomic E-state index is 11.8. The van der Waals surface area contributed by atoms with Crippen molar-refractivity contribution < 1.29 is 17.9 Å². The molecule has 0 radical (unpaired) electrons. The first-order valence-corrected chi connectivity index (χ1v) is 8.62. The van der Waals surface area contributed by atoms with Crippen LogP contribution in [0.3, 0.4) is 0 Å². The molecule has 106 valence electrons. The van der Waals surface area contributed by atoms with E-state index in [9.17, 15) is 13.2 Å². The Hall–Kier alpha value is -1.09. The van der Waals surface area contributed by atoms with Crippen molar-refractivity contribution in [2.75, 3.05) is 11.5 Å². The lowest BCUT2D eigenvalue weighted by Crippen LogP contribution is -2.30. The number of rotatable bonds is 3. The number of sulfone groups is 1. The normalized spacial score (nSPS) is 33.5. The average molecular weight is 285 g/mol. The zero-order valence-electron chi connectivity index (χ0n) is 10.9. The third-order valence-electron chi connectivity index (χ3n) is 3.93. The summed E-state index contributed by atoms with van der Waals surface area (Å²) in [6.45, 7) is 0. The van der Waals surface area contributed by atoms with E-state index in [4.69, 9.17) is 10.00 Å². The van der Waals surface area contributed by atoms with E-state index < -0.39 is 9.84 Å². The second-order valence-corrected chi connectivity index (χ2v) is 7.75. The van der Waals surface area contributed by atoms with Crippen LogP contribution >= 0.6 is 0 Å². The molecule has 2 aliphatic rings. The van der Waals surface area contributed by atoms with Crippen molar-refractivity contribution in [1.82, 2.24) is 0 Å². The van der Waals surface area contributed by atoms with Crippen LogP contribution in [0.1, 0.15) is 38.5 Å². The van der Waals surface area contributed by atoms with E-state index in [1.807, 2.05) is 0 Å². The van der Waals surface area contributed by atoms with Crippen LogP contribution in [-0.4, -0.2) is 32.0 Å². The van der Waals surface area contributed by atoms with Gasteiger partial charge in [-0.3, -0.25) is 4.79 Å². The Kier molecular flexibility index (Phi) is 4.46. The topological polar surface area (TPSA) is 84.2 Å². The molecule has 5 nitrogen and oxygen atoms in total. The van der Waals surface area contributed by atoms with Crippen molar-refractivity contribution in [3.63, 3.8) is 0 Å². The van der Waals surface area contributed by atoms with Crippen LogP contribution in [0.25, 0.3) is 0 Å². The fraction of sp³-hybridized carbons (Fsp3) is 0.846. The van der Waals surface area contributed by atoms with Gasteiger partial charge >= 0.3 is 5.97 Å². The molecule has 1 heterocycles. The molecule has 1 saturated heterocycles. The van der Waals surface area contributed by atoms with Crippen LogP contribution in [0.15, 0.2) is 0 Å². The predicted molar refractivity (Wildman–Crippen MR) is 68.8 cm³/mol. The molecule has 1 aliphatic carbocycles. The van der Waals surface area contributed by atoms with E-state index in [2.05, 4.69) is 6.07 Å². The number of carbonyl (C=O) groups excluding carboxylic acids is 1. The molecule has 2 rings (SSSR count). The van der Waals surface area contributed by atoms with Crippen LogP contribution in [0.5, 0.6) is 0 Å². The number of ether oxygens (including phenoxy) is 1. The summed E-state index contributed by atoms with van der Waals surface area (Å²) in [5, 5.41) is 9.01. The summed E-state index contributed by atoms with van der Waals surface area (Å²) in [5.41, 5.74) is 0. The lowest BCUT2D eigenvalue weighted by molar-refractivity contribution is -0.153. The number of nitriles is 1. The summed E-state index contributed by atoms with van der Waals surface area (Å²) in [6.07, 6.45) is 3.92. The van der Waals surface area contributed by atoms with Crippen molar-refractivity contribution >= 4 is 15.8 Å². The minimum atomic E-state index is -2.95. The monoisotopic (exact) mass is 285 g/mol. The van der Waals surface area contributed by atoms with E-state index >= 15 is 0 Å². The van der Waals surface area contributed by atoms with Crippen LogP contribution in [0, 0.1) is 23.2 Å². The van der Waals surface area contributed by atoms with Gasteiger partial charge < -0.3 is 4.74 Å². The fourth-order valence-corrected chi connectivity index (χ4v) is 4.73. The van der Waals surface area contributed by atoms with Crippen molar-refractivity contribution in [3.8, 4) is 6.07 Å². The lowest BCUT2D eigenvalue weighted by Gasteiger charge is -2.26. The number of hydrogen-bond donors (Lipinski definition) is 0. The molecule has 0 bridgehead atoms. The highest BCUT2D eigenvalue weighted by molar-refractivity contribution is 7.91. The minimum Gasteiger partial charge on any atom is -0.461 e. The third kappa shape index (κ3) is 3.93. The quantitative estimate of drug-likeness (QED) is 0.732. The van der Waals surface area contributed by atoms with E-state index in [0.717, 1.165) is 25.7 Å². The van der Waals surface area contributed by atoms with Gasteiger partial charge in [-0.15, -0.1) is 0 Å². The fourth-order valence-electron chi connectivity index (χ4n) is 2.87. The molecule has 0 aromatic rings. The maximum atomic E-state index is 11.8. The number of carbonyl (C=O) groups is 1. The molecule has 19 heavy (non-hydrogen) atoms. The van der Waals surface area contributed by atoms with Crippen LogP contribution in [0.4, 0.5) is 0 Å². The Morgan fingerprint density at radius 1 is 1.26 bits per heavy atom. The third-order valence-corrected chi connectivity index (χ3v) is 5.77. The van der Waals surface area contributed by atoms with E-state index in [0.29, 0.717) is 6.42 Å². The molecule has 0 aromatic carbocycles. The van der Waals surface area contributed by atoms with Gasteiger partial charge in [-0.1, -0.05) is 6.42 Å². The van der Waals surface area contributed by atoms with Gasteiger partial charge in [0.15, 0.2) is 9.84 Å². The molecule has 0 N–H and O–H groups in total. The minimum absolute atomic E-state index is 0.0917. The molecule has 3 atom stereocenters. The summed E-state index contributed by atoms with van der Waals surface area (Å²) in [7, 11) is -2.95. The number of nitrogens with zero attached hydrogens (tertiary/aromatic N) is 1. The highest BCUT2D eigenvalue weighted by Crippen LogP contribution is 2.28. The SMILES string of the molecule is N#CC1CCCCC1OC(=O)CC1CCS(=O)(=O)C1. The van der Waals surface area contributed by atoms with Gasteiger partial charge in [-0.2, -0.15) is 5.26 Å². The molecule has 0 aromatic heterocycles. The molecule has 2 fully saturated rings. The van der Waals surface area contributed by atoms with Crippen molar-refractivity contribution in [2.24, 2.45) is 11.8 Å². The first-order chi connectivity index (χ1) is 9.00. The Bertz CT molecular complexity index is 479. The maximum Gasteiger partial charge on any atom is 0.306 e. The zero-order chi connectivity index (χ0) is 13.9. The Labute approximate surface area is 113 Å². The number of esters is 1. The van der Waals surface area contributed by atoms with Crippen LogP contribution in [0.2, 0.25) is 0 Å². The first-order valence-electron chi connectivity index (χ1n) is 6.80. The molecule has 0 amide bonds. The zero-order valence-corrected chi connectivity index (χ0v) is 11.7. The Morgan fingerprint density at radius 2 is 2.00 bits per heavy atom. The van der Waals surface area contributed by atoms with Crippen LogP contribution < -0.4 is 0 Å². The Balaban J connectivity index is 1.83. The summed E-state index contributed by atoms with van der Waals surface area (Å²) >= 11 is 0. The summed E-state index contributed by atoms with van der Waals surface area (Å²) < 4.78 is 28.0. The molecule has 1 aliphatic heterocycles. The summed E-state index contributed by atoms with van der Waals surface area (Å²) in [4.78, 5) is 11.8. The molecule has 3 unspecified atom stereocenters. The van der Waals surface area contributed by atoms with Gasteiger partial charge in [0.25, 0.3) is 0 Å². The second kappa shape index (κ2) is 5.91. The molecule has 1 saturated carbocycles. The smallest absolute Gasteiger partial charge is 0.306 e. The first kappa shape index (κ1) is 14.3. The average Bonchev–Trinajstić information content (AvgIpc) is 2.69. The molecular weight excluding hydrogens is 266 g/mol. The van der Waals surface area contributed by atoms with Gasteiger partial charge in [0.1, 0.15) is 6.10 Å².